The third-order valence-electron chi connectivity index (χ3n) is 6.03. The Morgan fingerprint density at radius 2 is 1.59 bits per heavy atom. The van der Waals surface area contributed by atoms with Crippen molar-refractivity contribution in [2.45, 2.75) is 44.7 Å². The summed E-state index contributed by atoms with van der Waals surface area (Å²) in [6.07, 6.45) is 0.713. The van der Waals surface area contributed by atoms with Crippen molar-refractivity contribution in [2.24, 2.45) is 0 Å². The number of rotatable bonds is 13. The minimum absolute atomic E-state index is 0.0116. The van der Waals surface area contributed by atoms with Crippen LogP contribution in [0.5, 0.6) is 5.75 Å². The lowest BCUT2D eigenvalue weighted by atomic mass is 10.1. The van der Waals surface area contributed by atoms with Crippen molar-refractivity contribution in [3.63, 3.8) is 0 Å². The van der Waals surface area contributed by atoms with E-state index in [1.54, 1.807) is 49.4 Å². The van der Waals surface area contributed by atoms with Crippen molar-refractivity contribution in [3.05, 3.63) is 90.2 Å². The molecule has 3 aromatic carbocycles. The van der Waals surface area contributed by atoms with Crippen molar-refractivity contribution in [1.29, 1.82) is 0 Å². The molecule has 0 spiro atoms. The highest BCUT2D eigenvalue weighted by molar-refractivity contribution is 7.92. The second-order valence-corrected chi connectivity index (χ2v) is 10.7. The molecule has 208 valence electrons. The number of nitrogens with one attached hydrogen (secondary N) is 1. The maximum absolute atomic E-state index is 13.8. The molecule has 0 aliphatic rings. The molecule has 39 heavy (non-hydrogen) atoms. The minimum atomic E-state index is -4.15. The Bertz CT molecular complexity index is 1330. The number of ether oxygens (including phenoxy) is 1. The molecule has 0 saturated carbocycles. The van der Waals surface area contributed by atoms with E-state index < -0.39 is 34.3 Å². The molecule has 0 aromatic heterocycles. The molecule has 8 nitrogen and oxygen atoms in total. The van der Waals surface area contributed by atoms with E-state index in [0.29, 0.717) is 30.9 Å². The Hall–Kier alpha value is -3.92. The van der Waals surface area contributed by atoms with Crippen LogP contribution in [-0.4, -0.2) is 50.9 Å². The van der Waals surface area contributed by atoms with Crippen LogP contribution < -0.4 is 14.4 Å². The van der Waals surface area contributed by atoms with E-state index in [1.807, 2.05) is 13.8 Å². The predicted octanol–water partition coefficient (Wildman–Crippen LogP) is 4.36. The van der Waals surface area contributed by atoms with Crippen LogP contribution in [0.3, 0.4) is 0 Å². The number of carbonyl (C=O) groups excluding carboxylic acids is 2. The molecule has 0 saturated heterocycles. The number of anilines is 1. The normalized spacial score (nSPS) is 11.9. The van der Waals surface area contributed by atoms with Crippen LogP contribution in [0.4, 0.5) is 10.1 Å². The number of amides is 2. The minimum Gasteiger partial charge on any atom is -0.494 e. The van der Waals surface area contributed by atoms with Gasteiger partial charge in [0.15, 0.2) is 0 Å². The van der Waals surface area contributed by atoms with E-state index in [4.69, 9.17) is 4.74 Å². The maximum atomic E-state index is 13.8. The summed E-state index contributed by atoms with van der Waals surface area (Å²) in [6.45, 7) is 5.64. The number of sulfonamides is 1. The fourth-order valence-corrected chi connectivity index (χ4v) is 5.32. The van der Waals surface area contributed by atoms with E-state index >= 15 is 0 Å². The van der Waals surface area contributed by atoms with Crippen molar-refractivity contribution in [1.82, 2.24) is 10.2 Å². The quantitative estimate of drug-likeness (QED) is 0.338. The molecule has 0 unspecified atom stereocenters. The van der Waals surface area contributed by atoms with Crippen molar-refractivity contribution in [2.75, 3.05) is 24.0 Å². The Morgan fingerprint density at radius 1 is 0.949 bits per heavy atom. The van der Waals surface area contributed by atoms with Gasteiger partial charge in [0.1, 0.15) is 24.2 Å². The highest BCUT2D eigenvalue weighted by atomic mass is 32.2. The molecule has 2 amide bonds. The third-order valence-corrected chi connectivity index (χ3v) is 7.82. The number of benzene rings is 3. The van der Waals surface area contributed by atoms with Crippen LogP contribution in [0.15, 0.2) is 83.8 Å². The van der Waals surface area contributed by atoms with Gasteiger partial charge in [0, 0.05) is 13.1 Å². The molecule has 0 aliphatic carbocycles. The van der Waals surface area contributed by atoms with Gasteiger partial charge in [-0.2, -0.15) is 0 Å². The molecule has 3 aromatic rings. The summed E-state index contributed by atoms with van der Waals surface area (Å²) < 4.78 is 47.5. The van der Waals surface area contributed by atoms with E-state index in [9.17, 15) is 22.4 Å². The highest BCUT2D eigenvalue weighted by Crippen LogP contribution is 2.26. The Kier molecular flexibility index (Phi) is 10.4. The van der Waals surface area contributed by atoms with Crippen molar-refractivity contribution >= 4 is 27.5 Å². The number of hydrogen-bond acceptors (Lipinski definition) is 5. The smallest absolute Gasteiger partial charge is 0.264 e. The molecule has 1 atom stereocenters. The van der Waals surface area contributed by atoms with Crippen LogP contribution in [0.1, 0.15) is 32.8 Å². The summed E-state index contributed by atoms with van der Waals surface area (Å²) in [7, 11) is -4.15. The zero-order valence-electron chi connectivity index (χ0n) is 22.3. The van der Waals surface area contributed by atoms with Gasteiger partial charge in [-0.3, -0.25) is 13.9 Å². The predicted molar refractivity (Wildman–Crippen MR) is 148 cm³/mol. The summed E-state index contributed by atoms with van der Waals surface area (Å²) >= 11 is 0. The first-order chi connectivity index (χ1) is 18.7. The van der Waals surface area contributed by atoms with E-state index in [-0.39, 0.29) is 23.0 Å². The number of nitrogens with zero attached hydrogens (tertiary/aromatic N) is 2. The van der Waals surface area contributed by atoms with Gasteiger partial charge in [-0.05, 0) is 74.4 Å². The molecular formula is C29H34FN3O5S. The molecule has 10 heteroatoms. The number of hydrogen-bond donors (Lipinski definition) is 1. The monoisotopic (exact) mass is 555 g/mol. The Morgan fingerprint density at radius 3 is 2.18 bits per heavy atom. The van der Waals surface area contributed by atoms with E-state index in [1.165, 1.54) is 41.3 Å². The lowest BCUT2D eigenvalue weighted by Crippen LogP contribution is -2.51. The lowest BCUT2D eigenvalue weighted by Gasteiger charge is -2.32. The number of halogens is 1. The summed E-state index contributed by atoms with van der Waals surface area (Å²) in [5.74, 6) is -0.831. The molecule has 0 aliphatic heterocycles. The zero-order chi connectivity index (χ0) is 28.4. The number of carbonyl (C=O) groups is 2. The van der Waals surface area contributed by atoms with Gasteiger partial charge in [0.25, 0.3) is 10.0 Å². The van der Waals surface area contributed by atoms with Gasteiger partial charge in [0.05, 0.1) is 17.2 Å². The molecular weight excluding hydrogens is 521 g/mol. The fraction of sp³-hybridized carbons (Fsp3) is 0.310. The second-order valence-electron chi connectivity index (χ2n) is 8.87. The summed E-state index contributed by atoms with van der Waals surface area (Å²) in [4.78, 5) is 28.0. The first-order valence-corrected chi connectivity index (χ1v) is 14.2. The van der Waals surface area contributed by atoms with Crippen molar-refractivity contribution < 1.29 is 27.1 Å². The zero-order valence-corrected chi connectivity index (χ0v) is 23.2. The second kappa shape index (κ2) is 13.7. The van der Waals surface area contributed by atoms with Crippen LogP contribution >= 0.6 is 0 Å². The van der Waals surface area contributed by atoms with Gasteiger partial charge in [-0.1, -0.05) is 37.3 Å². The average Bonchev–Trinajstić information content (AvgIpc) is 2.95. The molecule has 1 N–H and O–H groups in total. The van der Waals surface area contributed by atoms with Crippen LogP contribution in [0.25, 0.3) is 0 Å². The third kappa shape index (κ3) is 7.79. The first kappa shape index (κ1) is 29.6. The van der Waals surface area contributed by atoms with E-state index in [2.05, 4.69) is 5.32 Å². The van der Waals surface area contributed by atoms with Gasteiger partial charge < -0.3 is 15.0 Å². The Balaban J connectivity index is 2.00. The molecule has 0 heterocycles. The van der Waals surface area contributed by atoms with Crippen LogP contribution in [-0.2, 0) is 26.2 Å². The average molecular weight is 556 g/mol. The highest BCUT2D eigenvalue weighted by Gasteiger charge is 2.32. The summed E-state index contributed by atoms with van der Waals surface area (Å²) in [5, 5.41) is 2.78. The van der Waals surface area contributed by atoms with Gasteiger partial charge in [-0.25, -0.2) is 12.8 Å². The maximum Gasteiger partial charge on any atom is 0.264 e. The van der Waals surface area contributed by atoms with Crippen molar-refractivity contribution in [3.8, 4) is 5.75 Å². The topological polar surface area (TPSA) is 96.0 Å². The SMILES string of the molecule is CCCNC(=O)[C@H](C)N(Cc1ccc(F)cc1)C(=O)CN(c1ccc(OCC)cc1)S(=O)(=O)c1ccccc1. The molecule has 0 fully saturated rings. The largest absolute Gasteiger partial charge is 0.494 e. The Labute approximate surface area is 229 Å². The van der Waals surface area contributed by atoms with Crippen LogP contribution in [0, 0.1) is 5.82 Å². The fourth-order valence-electron chi connectivity index (χ4n) is 3.89. The standard InChI is InChI=1S/C29H34FN3O5S/c1-4-19-31-29(35)22(3)32(20-23-11-13-24(30)14-12-23)28(34)21-33(25-15-17-26(18-16-25)38-5-2)39(36,37)27-9-7-6-8-10-27/h6-18,22H,4-5,19-21H2,1-3H3,(H,31,35)/t22-/m0/s1. The first-order valence-electron chi connectivity index (χ1n) is 12.8. The van der Waals surface area contributed by atoms with E-state index in [0.717, 1.165) is 4.31 Å². The van der Waals surface area contributed by atoms with Gasteiger partial charge >= 0.3 is 0 Å². The van der Waals surface area contributed by atoms with Gasteiger partial charge in [0.2, 0.25) is 11.8 Å². The molecule has 0 radical (unpaired) electrons. The summed E-state index contributed by atoms with van der Waals surface area (Å²) in [5.41, 5.74) is 0.860. The molecule has 3 rings (SSSR count). The summed E-state index contributed by atoms with van der Waals surface area (Å²) in [6, 6.07) is 18.9. The van der Waals surface area contributed by atoms with Crippen LogP contribution in [0.2, 0.25) is 0 Å². The lowest BCUT2D eigenvalue weighted by molar-refractivity contribution is -0.139. The molecule has 0 bridgehead atoms. The van der Waals surface area contributed by atoms with Gasteiger partial charge in [-0.15, -0.1) is 0 Å².